The summed E-state index contributed by atoms with van der Waals surface area (Å²) in [5.74, 6) is 0.113. The third kappa shape index (κ3) is 2.90. The molecular formula is C10H12F5NS. The standard InChI is InChI=1S/C10H12F5NS/c11-17(12,13,14,15)10-3-1-8(2-4-10)9-5-6-16-7-9/h1-4,9,16H,5-7H2/t9-/m1/s1. The summed E-state index contributed by atoms with van der Waals surface area (Å²) in [6, 6.07) is 3.25. The molecule has 17 heavy (non-hydrogen) atoms. The van der Waals surface area contributed by atoms with Gasteiger partial charge in [-0.2, -0.15) is 0 Å². The summed E-state index contributed by atoms with van der Waals surface area (Å²) < 4.78 is 62.2. The first-order chi connectivity index (χ1) is 7.56. The normalized spacial score (nSPS) is 25.4. The first-order valence-electron chi connectivity index (χ1n) is 5.11. The van der Waals surface area contributed by atoms with Gasteiger partial charge in [-0.25, -0.2) is 0 Å². The molecule has 0 amide bonds. The van der Waals surface area contributed by atoms with Crippen LogP contribution in [-0.2, 0) is 0 Å². The van der Waals surface area contributed by atoms with Gasteiger partial charge in [0.15, 0.2) is 0 Å². The molecule has 1 aromatic rings. The van der Waals surface area contributed by atoms with Gasteiger partial charge in [-0.1, -0.05) is 31.6 Å². The molecule has 98 valence electrons. The van der Waals surface area contributed by atoms with E-state index < -0.39 is 15.1 Å². The number of benzene rings is 1. The molecule has 1 N–H and O–H groups in total. The van der Waals surface area contributed by atoms with Crippen LogP contribution in [0.3, 0.4) is 0 Å². The van der Waals surface area contributed by atoms with Crippen LogP contribution >= 0.6 is 10.2 Å². The van der Waals surface area contributed by atoms with E-state index in [1.54, 1.807) is 0 Å². The number of hydrogen-bond acceptors (Lipinski definition) is 1. The molecule has 1 aliphatic rings. The molecule has 1 fully saturated rings. The van der Waals surface area contributed by atoms with Gasteiger partial charge in [0.1, 0.15) is 4.90 Å². The Labute approximate surface area is 95.7 Å². The predicted molar refractivity (Wildman–Crippen MR) is 58.1 cm³/mol. The van der Waals surface area contributed by atoms with Crippen molar-refractivity contribution in [1.29, 1.82) is 0 Å². The molecule has 0 bridgehead atoms. The zero-order valence-electron chi connectivity index (χ0n) is 8.81. The molecule has 1 aromatic carbocycles. The first-order valence-corrected chi connectivity index (χ1v) is 7.06. The number of nitrogens with one attached hydrogen (secondary N) is 1. The van der Waals surface area contributed by atoms with Crippen molar-refractivity contribution >= 4 is 10.2 Å². The lowest BCUT2D eigenvalue weighted by molar-refractivity contribution is 0.364. The van der Waals surface area contributed by atoms with Crippen molar-refractivity contribution in [3.63, 3.8) is 0 Å². The Bertz CT molecular complexity index is 417. The number of rotatable bonds is 2. The van der Waals surface area contributed by atoms with Gasteiger partial charge in [-0.3, -0.25) is 0 Å². The molecule has 1 nitrogen and oxygen atoms in total. The van der Waals surface area contributed by atoms with E-state index in [1.807, 2.05) is 0 Å². The topological polar surface area (TPSA) is 12.0 Å². The molecule has 1 saturated heterocycles. The van der Waals surface area contributed by atoms with Crippen LogP contribution in [0.5, 0.6) is 0 Å². The van der Waals surface area contributed by atoms with Crippen molar-refractivity contribution in [3.05, 3.63) is 29.8 Å². The Morgan fingerprint density at radius 3 is 2.00 bits per heavy atom. The lowest BCUT2D eigenvalue weighted by Gasteiger charge is -2.40. The number of halogens is 5. The largest absolute Gasteiger partial charge is 0.316 e. The second-order valence-electron chi connectivity index (χ2n) is 4.23. The lowest BCUT2D eigenvalue weighted by atomic mass is 9.99. The fourth-order valence-electron chi connectivity index (χ4n) is 1.94. The van der Waals surface area contributed by atoms with Gasteiger partial charge in [0.05, 0.1) is 0 Å². The molecular weight excluding hydrogens is 261 g/mol. The minimum absolute atomic E-state index is 0.113. The first kappa shape index (κ1) is 12.6. The summed E-state index contributed by atoms with van der Waals surface area (Å²) in [6.07, 6.45) is 0.815. The van der Waals surface area contributed by atoms with Crippen LogP contribution < -0.4 is 5.32 Å². The van der Waals surface area contributed by atoms with Crippen LogP contribution in [0.25, 0.3) is 0 Å². The molecule has 2 rings (SSSR count). The highest BCUT2D eigenvalue weighted by Crippen LogP contribution is 3.02. The van der Waals surface area contributed by atoms with E-state index in [2.05, 4.69) is 5.32 Å². The Hall–Kier alpha value is -0.820. The average Bonchev–Trinajstić information content (AvgIpc) is 2.67. The molecule has 1 atom stereocenters. The molecule has 1 heterocycles. The van der Waals surface area contributed by atoms with Crippen molar-refractivity contribution in [2.24, 2.45) is 0 Å². The minimum Gasteiger partial charge on any atom is -0.316 e. The molecule has 0 aliphatic carbocycles. The molecule has 7 heteroatoms. The van der Waals surface area contributed by atoms with Gasteiger partial charge in [-0.15, -0.1) is 0 Å². The zero-order valence-corrected chi connectivity index (χ0v) is 9.62. The SMILES string of the molecule is FS(F)(F)(F)(F)c1ccc([C@@H]2CCNC2)cc1. The van der Waals surface area contributed by atoms with E-state index in [1.165, 1.54) is 0 Å². The van der Waals surface area contributed by atoms with Gasteiger partial charge >= 0.3 is 10.2 Å². The van der Waals surface area contributed by atoms with Crippen LogP contribution in [-0.4, -0.2) is 13.1 Å². The molecule has 0 aromatic heterocycles. The summed E-state index contributed by atoms with van der Waals surface area (Å²) in [7, 11) is -9.51. The van der Waals surface area contributed by atoms with Crippen molar-refractivity contribution in [2.75, 3.05) is 13.1 Å². The van der Waals surface area contributed by atoms with Crippen LogP contribution in [0.15, 0.2) is 29.2 Å². The lowest BCUT2D eigenvalue weighted by Crippen LogP contribution is -2.09. The van der Waals surface area contributed by atoms with Crippen LogP contribution in [0.4, 0.5) is 19.4 Å². The van der Waals surface area contributed by atoms with Gasteiger partial charge in [0.2, 0.25) is 0 Å². The summed E-state index contributed by atoms with van der Waals surface area (Å²) >= 11 is 0. The number of hydrogen-bond donors (Lipinski definition) is 1. The second kappa shape index (κ2) is 3.14. The Kier molecular flexibility index (Phi) is 2.33. The average molecular weight is 273 g/mol. The smallest absolute Gasteiger partial charge is 0.310 e. The fourth-order valence-corrected chi connectivity index (χ4v) is 2.59. The highest BCUT2D eigenvalue weighted by molar-refractivity contribution is 8.45. The van der Waals surface area contributed by atoms with E-state index in [9.17, 15) is 19.4 Å². The fraction of sp³-hybridized carbons (Fsp3) is 0.400. The zero-order chi connectivity index (χ0) is 12.8. The third-order valence-corrected chi connectivity index (χ3v) is 4.02. The van der Waals surface area contributed by atoms with Crippen molar-refractivity contribution in [2.45, 2.75) is 17.2 Å². The summed E-state index contributed by atoms with van der Waals surface area (Å²) in [6.45, 7) is 1.48. The van der Waals surface area contributed by atoms with Gasteiger partial charge < -0.3 is 5.32 Å². The molecule has 0 unspecified atom stereocenters. The summed E-state index contributed by atoms with van der Waals surface area (Å²) in [4.78, 5) is -1.82. The maximum Gasteiger partial charge on any atom is 0.310 e. The molecule has 0 saturated carbocycles. The van der Waals surface area contributed by atoms with E-state index in [0.29, 0.717) is 24.2 Å². The molecule has 0 spiro atoms. The second-order valence-corrected chi connectivity index (χ2v) is 6.64. The van der Waals surface area contributed by atoms with Gasteiger partial charge in [0, 0.05) is 6.54 Å². The monoisotopic (exact) mass is 273 g/mol. The van der Waals surface area contributed by atoms with Crippen LogP contribution in [0.1, 0.15) is 17.9 Å². The van der Waals surface area contributed by atoms with E-state index in [-0.39, 0.29) is 5.92 Å². The molecule has 1 aliphatic heterocycles. The molecule has 0 radical (unpaired) electrons. The van der Waals surface area contributed by atoms with Crippen molar-refractivity contribution in [1.82, 2.24) is 5.32 Å². The predicted octanol–water partition coefficient (Wildman–Crippen LogP) is 4.42. The van der Waals surface area contributed by atoms with E-state index >= 15 is 0 Å². The maximum atomic E-state index is 12.4. The Morgan fingerprint density at radius 1 is 1.00 bits per heavy atom. The third-order valence-electron chi connectivity index (χ3n) is 2.86. The van der Waals surface area contributed by atoms with Crippen LogP contribution in [0, 0.1) is 0 Å². The maximum absolute atomic E-state index is 12.4. The highest BCUT2D eigenvalue weighted by atomic mass is 32.5. The van der Waals surface area contributed by atoms with Gasteiger partial charge in [-0.05, 0) is 36.6 Å². The summed E-state index contributed by atoms with van der Waals surface area (Å²) in [5.41, 5.74) is 0.667. The quantitative estimate of drug-likeness (QED) is 0.786. The van der Waals surface area contributed by atoms with Crippen LogP contribution in [0.2, 0.25) is 0 Å². The van der Waals surface area contributed by atoms with E-state index in [4.69, 9.17) is 0 Å². The van der Waals surface area contributed by atoms with Crippen molar-refractivity contribution in [3.8, 4) is 0 Å². The Balaban J connectivity index is 2.31. The Morgan fingerprint density at radius 2 is 1.59 bits per heavy atom. The highest BCUT2D eigenvalue weighted by Gasteiger charge is 2.65. The summed E-state index contributed by atoms with van der Waals surface area (Å²) in [5, 5.41) is 3.07. The minimum atomic E-state index is -9.51. The van der Waals surface area contributed by atoms with E-state index in [0.717, 1.165) is 25.1 Å². The van der Waals surface area contributed by atoms with Gasteiger partial charge in [0.25, 0.3) is 0 Å². The van der Waals surface area contributed by atoms with Crippen molar-refractivity contribution < 1.29 is 19.4 Å².